The van der Waals surface area contributed by atoms with Crippen LogP contribution in [0.3, 0.4) is 0 Å². The highest BCUT2D eigenvalue weighted by Crippen LogP contribution is 2.56. The number of halogens is 2. The average molecular weight is 1560 g/mol. The number of pyridine rings is 3. The molecule has 0 spiro atoms. The molecule has 6 aliphatic carbocycles. The molecule has 6 aliphatic rings. The van der Waals surface area contributed by atoms with E-state index < -0.39 is 40.6 Å². The zero-order chi connectivity index (χ0) is 82.3. The van der Waals surface area contributed by atoms with E-state index in [0.29, 0.717) is 42.0 Å². The fourth-order valence-corrected chi connectivity index (χ4v) is 19.2. The Labute approximate surface area is 674 Å². The van der Waals surface area contributed by atoms with Crippen LogP contribution in [0.5, 0.6) is 0 Å². The Bertz CT molecular complexity index is 6130. The van der Waals surface area contributed by atoms with E-state index in [1.807, 2.05) is 141 Å². The molecule has 9 atom stereocenters. The number of amides is 3. The summed E-state index contributed by atoms with van der Waals surface area (Å²) in [5, 5.41) is 31.4. The van der Waals surface area contributed by atoms with Crippen molar-refractivity contribution in [3.05, 3.63) is 280 Å². The third-order valence-corrected chi connectivity index (χ3v) is 24.9. The van der Waals surface area contributed by atoms with Gasteiger partial charge in [-0.25, -0.2) is 27.8 Å². The summed E-state index contributed by atoms with van der Waals surface area (Å²) < 4.78 is 33.9. The van der Waals surface area contributed by atoms with E-state index in [4.69, 9.17) is 37.5 Å². The molecule has 588 valence electrons. The van der Waals surface area contributed by atoms with Crippen molar-refractivity contribution < 1.29 is 37.5 Å². The number of ketones is 3. The second kappa shape index (κ2) is 30.4. The van der Waals surface area contributed by atoms with Gasteiger partial charge < -0.3 is 17.2 Å². The molecule has 8 heterocycles. The van der Waals surface area contributed by atoms with Gasteiger partial charge in [0.2, 0.25) is 0 Å². The number of nitrogens with two attached hydrogens (primary N) is 3. The number of hydrogen-bond donors (Lipinski definition) is 3. The van der Waals surface area contributed by atoms with Crippen LogP contribution in [0.2, 0.25) is 0 Å². The van der Waals surface area contributed by atoms with Gasteiger partial charge in [0, 0.05) is 97.1 Å². The van der Waals surface area contributed by atoms with E-state index >= 15 is 4.39 Å². The molecule has 0 saturated carbocycles. The first kappa shape index (κ1) is 77.6. The number of nitrogens with zero attached hydrogens (tertiary/aromatic N) is 13. The summed E-state index contributed by atoms with van der Waals surface area (Å²) in [6.07, 6.45) is 18.2. The van der Waals surface area contributed by atoms with Crippen LogP contribution in [0.15, 0.2) is 218 Å². The Morgan fingerprint density at radius 1 is 0.453 bits per heavy atom. The molecule has 117 heavy (non-hydrogen) atoms. The van der Waals surface area contributed by atoms with Crippen molar-refractivity contribution in [2.45, 2.75) is 124 Å². The van der Waals surface area contributed by atoms with Crippen molar-refractivity contribution in [2.75, 3.05) is 0 Å². The molecule has 8 aromatic heterocycles. The number of hydrogen-bond acceptors (Lipinski definition) is 16. The summed E-state index contributed by atoms with van der Waals surface area (Å²) in [7, 11) is 0. The number of benzene rings is 4. The Hall–Kier alpha value is -13.4. The molecular formula is C93H86F2N16O6. The van der Waals surface area contributed by atoms with E-state index in [1.165, 1.54) is 11.6 Å². The first-order valence-corrected chi connectivity index (χ1v) is 39.3. The number of fused-ring (bicyclic) bond motifs is 9. The zero-order valence-corrected chi connectivity index (χ0v) is 66.2. The SMILES string of the molecule is C[C@H]1C(=O)C(C(N)=O)=C[C@@]2(C)c3c(c(-c4ccccn4)nn3-c3ccc(-c4ccnc(CF)c4)cn3)CC[C@H]12.Cc1cc(-c2ccc(-n3nc(-c4ccccc4F)c4c3[C@]3(C)C=C(C(N)=O)C(=O)[C@H](C)[C@H]3CC4)cc2)cnn1.Cc1ccc(-c2nn(-c3ccc(-c4cnnc(C)c4)cc3)c3c2CC[C@@H]2[C@@H](C)C(=O)C(C(N)=O)=C[C@@]32C)cc1. The molecule has 0 saturated heterocycles. The summed E-state index contributed by atoms with van der Waals surface area (Å²) in [4.78, 5) is 89.4. The largest absolute Gasteiger partial charge is 0.365 e. The third kappa shape index (κ3) is 13.7. The van der Waals surface area contributed by atoms with Gasteiger partial charge in [0.15, 0.2) is 23.2 Å². The van der Waals surface area contributed by atoms with Crippen LogP contribution >= 0.6 is 0 Å². The summed E-state index contributed by atoms with van der Waals surface area (Å²) in [6, 6.07) is 48.1. The van der Waals surface area contributed by atoms with Crippen LogP contribution in [0.25, 0.3) is 84.5 Å². The molecular weight excluding hydrogens is 1480 g/mol. The van der Waals surface area contributed by atoms with Gasteiger partial charge in [-0.15, -0.1) is 0 Å². The lowest BCUT2D eigenvalue weighted by Crippen LogP contribution is -2.48. The van der Waals surface area contributed by atoms with E-state index in [-0.39, 0.29) is 75.4 Å². The average Bonchev–Trinajstić information content (AvgIpc) is 1.61. The second-order valence-corrected chi connectivity index (χ2v) is 32.2. The smallest absolute Gasteiger partial charge is 0.252 e. The number of carbonyl (C=O) groups excluding carboxylic acids is 6. The number of carbonyl (C=O) groups is 6. The van der Waals surface area contributed by atoms with E-state index in [0.717, 1.165) is 132 Å². The van der Waals surface area contributed by atoms with Crippen molar-refractivity contribution >= 4 is 35.1 Å². The molecule has 4 aromatic carbocycles. The lowest BCUT2D eigenvalue weighted by atomic mass is 9.57. The maximum Gasteiger partial charge on any atom is 0.252 e. The van der Waals surface area contributed by atoms with Crippen LogP contribution in [-0.4, -0.2) is 99.8 Å². The number of allylic oxidation sites excluding steroid dienone is 3. The summed E-state index contributed by atoms with van der Waals surface area (Å²) >= 11 is 0. The van der Waals surface area contributed by atoms with Crippen LogP contribution in [0, 0.1) is 62.1 Å². The number of aryl methyl sites for hydroxylation is 3. The number of aromatic nitrogens is 13. The molecule has 22 nitrogen and oxygen atoms in total. The monoisotopic (exact) mass is 1560 g/mol. The first-order valence-electron chi connectivity index (χ1n) is 39.3. The topological polar surface area (TPSA) is 324 Å². The van der Waals surface area contributed by atoms with Crippen LogP contribution < -0.4 is 17.2 Å². The molecule has 12 aromatic rings. The molecule has 3 amide bonds. The molecule has 0 unspecified atom stereocenters. The first-order chi connectivity index (χ1) is 56.2. The number of primary amides is 3. The highest BCUT2D eigenvalue weighted by Gasteiger charge is 2.55. The minimum Gasteiger partial charge on any atom is -0.365 e. The maximum atomic E-state index is 15.1. The van der Waals surface area contributed by atoms with Crippen LogP contribution in [0.1, 0.15) is 117 Å². The minimum atomic E-state index is -0.732. The maximum absolute atomic E-state index is 15.1. The Morgan fingerprint density at radius 3 is 1.35 bits per heavy atom. The zero-order valence-electron chi connectivity index (χ0n) is 66.2. The molecule has 24 heteroatoms. The van der Waals surface area contributed by atoms with E-state index in [2.05, 4.69) is 92.7 Å². The van der Waals surface area contributed by atoms with Gasteiger partial charge in [0.1, 0.15) is 18.2 Å². The van der Waals surface area contributed by atoms with E-state index in [9.17, 15) is 33.2 Å². The normalized spacial score (nSPS) is 22.1. The van der Waals surface area contributed by atoms with Gasteiger partial charge in [-0.3, -0.25) is 38.7 Å². The molecule has 6 N–H and O–H groups in total. The molecule has 0 radical (unpaired) electrons. The lowest BCUT2D eigenvalue weighted by Gasteiger charge is -2.45. The van der Waals surface area contributed by atoms with Gasteiger partial charge in [0.25, 0.3) is 17.7 Å². The Kier molecular flexibility index (Phi) is 20.2. The Morgan fingerprint density at radius 2 is 0.897 bits per heavy atom. The second-order valence-electron chi connectivity index (χ2n) is 32.2. The minimum absolute atomic E-state index is 0.0187. The quantitative estimate of drug-likeness (QED) is 0.0903. The van der Waals surface area contributed by atoms with Crippen LogP contribution in [-0.2, 0) is 70.9 Å². The van der Waals surface area contributed by atoms with Gasteiger partial charge >= 0.3 is 0 Å². The van der Waals surface area contributed by atoms with Crippen molar-refractivity contribution in [3.63, 3.8) is 0 Å². The van der Waals surface area contributed by atoms with Crippen molar-refractivity contribution in [3.8, 4) is 84.5 Å². The highest BCUT2D eigenvalue weighted by molar-refractivity contribution is 6.22. The third-order valence-electron chi connectivity index (χ3n) is 24.9. The van der Waals surface area contributed by atoms with Crippen LogP contribution in [0.4, 0.5) is 8.78 Å². The number of Topliss-reactive ketones (excluding diaryl/α,β-unsaturated/α-hetero) is 3. The predicted molar refractivity (Wildman–Crippen MR) is 439 cm³/mol. The summed E-state index contributed by atoms with van der Waals surface area (Å²) in [6.45, 7) is 17.1. The molecule has 18 rings (SSSR count). The fourth-order valence-electron chi connectivity index (χ4n) is 19.2. The Balaban J connectivity index is 0.000000131. The van der Waals surface area contributed by atoms with Gasteiger partial charge in [-0.2, -0.15) is 35.7 Å². The van der Waals surface area contributed by atoms with Gasteiger partial charge in [-0.05, 0) is 179 Å². The van der Waals surface area contributed by atoms with Gasteiger partial charge in [0.05, 0.1) is 91.7 Å². The van der Waals surface area contributed by atoms with Crippen molar-refractivity contribution in [1.29, 1.82) is 0 Å². The summed E-state index contributed by atoms with van der Waals surface area (Å²) in [5.74, 6) is -3.63. The lowest BCUT2D eigenvalue weighted by molar-refractivity contribution is -0.127. The molecule has 0 aliphatic heterocycles. The fraction of sp³-hybridized carbons (Fsp3) is 0.269. The van der Waals surface area contributed by atoms with E-state index in [1.54, 1.807) is 67.4 Å². The number of alkyl halides is 1. The van der Waals surface area contributed by atoms with Gasteiger partial charge in [-0.1, -0.05) is 132 Å². The number of rotatable bonds is 13. The molecule has 0 fully saturated rings. The van der Waals surface area contributed by atoms with Crippen molar-refractivity contribution in [2.24, 2.45) is 52.7 Å². The standard InChI is InChI=1S/C32H31N5O2.C31H28FN5O2.C30H27FN6O2/c1-18-5-7-22(8-6-18)28-25-13-14-27-20(3)29(38)26(31(33)39)16-32(27,4)30(25)37(36-28)24-11-9-21(10-12-24)23-15-19(2)35-34-17-23;1-17-14-20(16-34-35-17)19-8-10-21(11-9-19)37-29-23(27(36-37)22-6-4-5-7-26(22)32)12-13-25-18(2)28(38)24(30(33)39)15-31(25,29)3;1-17-23-8-7-21-26(24-5-3-4-11-34-24)36-37(28(21)30(23,2)14-22(27(17)38)29(32)39)25-9-6-19(16-35-25)18-10-12-33-20(13-18)15-31/h5-12,15-17,20,27H,13-14H2,1-4H3,(H2,33,39);4-11,14-16,18,25H,12-13H2,1-3H3,(H2,33,39);3-6,9-14,16-17,23H,7-8,15H2,1-2H3,(H2,32,39)/t20-,27-,32-;18-,25-,31-;17-,23-,30-/m111/s1. The highest BCUT2D eigenvalue weighted by atomic mass is 19.1. The molecule has 0 bridgehead atoms. The van der Waals surface area contributed by atoms with Crippen molar-refractivity contribution in [1.82, 2.24) is 64.7 Å². The summed E-state index contributed by atoms with van der Waals surface area (Å²) in [5.41, 5.74) is 36.0. The predicted octanol–water partition coefficient (Wildman–Crippen LogP) is 14.3.